The van der Waals surface area contributed by atoms with Gasteiger partial charge in [-0.05, 0) is 57.7 Å². The lowest BCUT2D eigenvalue weighted by Crippen LogP contribution is -2.56. The van der Waals surface area contributed by atoms with Crippen LogP contribution < -0.4 is 15.4 Å². The van der Waals surface area contributed by atoms with Gasteiger partial charge in [0.15, 0.2) is 11.6 Å². The number of likely N-dealkylation sites (tertiary alicyclic amines) is 1. The van der Waals surface area contributed by atoms with Crippen molar-refractivity contribution in [3.8, 4) is 17.2 Å². The Morgan fingerprint density at radius 1 is 1.15 bits per heavy atom. The highest BCUT2D eigenvalue weighted by Gasteiger charge is 2.33. The van der Waals surface area contributed by atoms with Crippen LogP contribution in [0.5, 0.6) is 5.75 Å². The van der Waals surface area contributed by atoms with Crippen LogP contribution >= 0.6 is 0 Å². The third-order valence-electron chi connectivity index (χ3n) is 7.47. The Balaban J connectivity index is 1.71. The predicted molar refractivity (Wildman–Crippen MR) is 150 cm³/mol. The molecule has 224 valence electrons. The Hall–Kier alpha value is -3.80. The number of hydrogen-bond donors (Lipinski definition) is 3. The number of aliphatic carboxylic acids is 1. The fourth-order valence-corrected chi connectivity index (χ4v) is 5.15. The highest BCUT2D eigenvalue weighted by atomic mass is 16.5. The highest BCUT2D eigenvalue weighted by Crippen LogP contribution is 2.26. The number of carbonyl (C=O) groups is 4. The molecule has 0 unspecified atom stereocenters. The number of benzene rings is 1. The van der Waals surface area contributed by atoms with Crippen LogP contribution in [0.1, 0.15) is 64.8 Å². The predicted octanol–water partition coefficient (Wildman–Crippen LogP) is 2.53. The number of methoxy groups -OCH3 is 1. The van der Waals surface area contributed by atoms with Gasteiger partial charge in [-0.2, -0.15) is 4.98 Å². The number of nitrogens with one attached hydrogen (secondary N) is 2. The van der Waals surface area contributed by atoms with Crippen LogP contribution in [-0.4, -0.2) is 81.5 Å². The van der Waals surface area contributed by atoms with Crippen LogP contribution in [0.15, 0.2) is 22.7 Å². The maximum atomic E-state index is 13.3. The van der Waals surface area contributed by atoms with E-state index in [1.54, 1.807) is 39.0 Å². The maximum absolute atomic E-state index is 13.3. The number of carboxylic acid groups (broad SMARTS) is 1. The fourth-order valence-electron chi connectivity index (χ4n) is 5.15. The van der Waals surface area contributed by atoms with Crippen LogP contribution in [0.25, 0.3) is 11.5 Å². The van der Waals surface area contributed by atoms with E-state index in [0.29, 0.717) is 28.6 Å². The van der Waals surface area contributed by atoms with Gasteiger partial charge in [0.2, 0.25) is 11.8 Å². The number of aryl methyl sites for hydroxylation is 1. The third kappa shape index (κ3) is 8.59. The first kappa shape index (κ1) is 31.7. The quantitative estimate of drug-likeness (QED) is 0.325. The maximum Gasteiger partial charge on any atom is 0.305 e. The van der Waals surface area contributed by atoms with Gasteiger partial charge in [0, 0.05) is 23.2 Å². The van der Waals surface area contributed by atoms with Gasteiger partial charge in [0.05, 0.1) is 32.5 Å². The van der Waals surface area contributed by atoms with E-state index in [1.807, 2.05) is 13.8 Å². The van der Waals surface area contributed by atoms with E-state index >= 15 is 0 Å². The van der Waals surface area contributed by atoms with Gasteiger partial charge in [-0.3, -0.25) is 24.1 Å². The molecule has 2 aromatic rings. The van der Waals surface area contributed by atoms with Gasteiger partial charge in [0.25, 0.3) is 5.89 Å². The van der Waals surface area contributed by atoms with Gasteiger partial charge in [-0.25, -0.2) is 0 Å². The van der Waals surface area contributed by atoms with Crippen LogP contribution in [0, 0.1) is 12.8 Å². The van der Waals surface area contributed by atoms with Gasteiger partial charge in [-0.1, -0.05) is 25.4 Å². The van der Waals surface area contributed by atoms with E-state index in [9.17, 15) is 24.3 Å². The summed E-state index contributed by atoms with van der Waals surface area (Å²) in [5.41, 5.74) is 1.16. The number of hydrogen-bond acceptors (Lipinski definition) is 9. The zero-order valence-electron chi connectivity index (χ0n) is 24.6. The number of piperidine rings is 1. The van der Waals surface area contributed by atoms with Crippen molar-refractivity contribution in [3.63, 3.8) is 0 Å². The molecule has 12 heteroatoms. The van der Waals surface area contributed by atoms with E-state index in [4.69, 9.17) is 9.26 Å². The minimum Gasteiger partial charge on any atom is -0.496 e. The van der Waals surface area contributed by atoms with Crippen LogP contribution in [-0.2, 0) is 25.6 Å². The number of carbonyl (C=O) groups excluding carboxylic acids is 3. The van der Waals surface area contributed by atoms with E-state index in [-0.39, 0.29) is 36.8 Å². The molecular weight excluding hydrogens is 530 g/mol. The summed E-state index contributed by atoms with van der Waals surface area (Å²) in [6.45, 7) is 9.36. The average Bonchev–Trinajstić information content (AvgIpc) is 3.34. The molecule has 1 aromatic carbocycles. The number of aromatic nitrogens is 2. The molecule has 1 fully saturated rings. The minimum atomic E-state index is -1.21. The van der Waals surface area contributed by atoms with Crippen LogP contribution in [0.2, 0.25) is 0 Å². The second-order valence-corrected chi connectivity index (χ2v) is 11.1. The molecule has 2 amide bonds. The summed E-state index contributed by atoms with van der Waals surface area (Å²) in [5, 5.41) is 18.6. The second kappa shape index (κ2) is 14.2. The summed E-state index contributed by atoms with van der Waals surface area (Å²) in [6.07, 6.45) is 2.33. The van der Waals surface area contributed by atoms with E-state index in [1.165, 1.54) is 7.11 Å². The molecule has 1 aliphatic rings. The number of nitrogens with zero attached hydrogens (tertiary/aromatic N) is 3. The topological polar surface area (TPSA) is 164 Å². The lowest BCUT2D eigenvalue weighted by molar-refractivity contribution is -0.141. The molecule has 1 saturated heterocycles. The number of rotatable bonds is 13. The number of ketones is 1. The number of carboxylic acids is 1. The Morgan fingerprint density at radius 3 is 2.39 bits per heavy atom. The van der Waals surface area contributed by atoms with Gasteiger partial charge in [0.1, 0.15) is 11.8 Å². The zero-order chi connectivity index (χ0) is 30.3. The van der Waals surface area contributed by atoms with E-state index in [2.05, 4.69) is 25.7 Å². The summed E-state index contributed by atoms with van der Waals surface area (Å²) >= 11 is 0. The van der Waals surface area contributed by atoms with Crippen molar-refractivity contribution in [2.24, 2.45) is 5.92 Å². The molecule has 0 spiro atoms. The van der Waals surface area contributed by atoms with E-state index < -0.39 is 36.3 Å². The smallest absolute Gasteiger partial charge is 0.305 e. The molecule has 0 aliphatic carbocycles. The molecule has 3 rings (SSSR count). The summed E-state index contributed by atoms with van der Waals surface area (Å²) in [6, 6.07) is 3.30. The van der Waals surface area contributed by atoms with Crippen molar-refractivity contribution >= 4 is 23.6 Å². The first-order chi connectivity index (χ1) is 19.4. The zero-order valence-corrected chi connectivity index (χ0v) is 24.6. The van der Waals surface area contributed by atoms with Crippen molar-refractivity contribution in [1.82, 2.24) is 25.7 Å². The SMILES string of the molecule is COc1ccc(-c2nc(C)no2)cc1CC(=O)N[C@H](C(=O)N[C@@H](CC(=O)O)C(=O)CN1[C@H](C)CCC[C@@H]1C)C(C)C. The van der Waals surface area contributed by atoms with Crippen LogP contribution in [0.4, 0.5) is 0 Å². The standard InChI is InChI=1S/C29H41N5O7/c1-16(2)27(28(39)31-22(14-26(37)38)23(35)15-34-17(3)8-7-9-18(34)4)32-25(36)13-21-12-20(10-11-24(21)40-6)29-30-19(5)33-41-29/h10-12,16-18,22,27H,7-9,13-15H2,1-6H3,(H,31,39)(H,32,36)(H,37,38)/t17-,18+,22-,27-/m0/s1. The molecule has 41 heavy (non-hydrogen) atoms. The molecule has 3 N–H and O–H groups in total. The molecule has 0 saturated carbocycles. The third-order valence-corrected chi connectivity index (χ3v) is 7.47. The van der Waals surface area contributed by atoms with E-state index in [0.717, 1.165) is 19.3 Å². The van der Waals surface area contributed by atoms with Crippen molar-refractivity contribution in [2.45, 2.75) is 90.9 Å². The minimum absolute atomic E-state index is 0.0506. The molecule has 2 heterocycles. The van der Waals surface area contributed by atoms with Gasteiger partial charge < -0.3 is 25.0 Å². The Kier molecular flexibility index (Phi) is 11.0. The Labute approximate surface area is 240 Å². The normalized spacial score (nSPS) is 18.9. The number of ether oxygens (including phenoxy) is 1. The van der Waals surface area contributed by atoms with Gasteiger partial charge >= 0.3 is 5.97 Å². The fraction of sp³-hybridized carbons (Fsp3) is 0.586. The highest BCUT2D eigenvalue weighted by molar-refractivity contribution is 5.95. The molecular formula is C29H41N5O7. The molecule has 4 atom stereocenters. The number of Topliss-reactive ketones (excluding diaryl/α,β-unsaturated/α-hetero) is 1. The average molecular weight is 572 g/mol. The molecule has 1 aliphatic heterocycles. The van der Waals surface area contributed by atoms with Crippen molar-refractivity contribution < 1.29 is 33.5 Å². The Bertz CT molecular complexity index is 1230. The van der Waals surface area contributed by atoms with Crippen molar-refractivity contribution in [3.05, 3.63) is 29.6 Å². The van der Waals surface area contributed by atoms with Gasteiger partial charge in [-0.15, -0.1) is 0 Å². The summed E-state index contributed by atoms with van der Waals surface area (Å²) < 4.78 is 10.6. The first-order valence-electron chi connectivity index (χ1n) is 14.0. The van der Waals surface area contributed by atoms with Crippen LogP contribution in [0.3, 0.4) is 0 Å². The van der Waals surface area contributed by atoms with Crippen molar-refractivity contribution in [2.75, 3.05) is 13.7 Å². The molecule has 1 aromatic heterocycles. The molecule has 0 bridgehead atoms. The first-order valence-corrected chi connectivity index (χ1v) is 14.0. The monoisotopic (exact) mass is 571 g/mol. The Morgan fingerprint density at radius 2 is 1.83 bits per heavy atom. The molecule has 12 nitrogen and oxygen atoms in total. The number of amides is 2. The summed E-state index contributed by atoms with van der Waals surface area (Å²) in [4.78, 5) is 57.5. The summed E-state index contributed by atoms with van der Waals surface area (Å²) in [5.74, 6) is -1.72. The molecule has 0 radical (unpaired) electrons. The lowest BCUT2D eigenvalue weighted by Gasteiger charge is -2.39. The largest absolute Gasteiger partial charge is 0.496 e. The van der Waals surface area contributed by atoms with Crippen molar-refractivity contribution in [1.29, 1.82) is 0 Å². The second-order valence-electron chi connectivity index (χ2n) is 11.1. The lowest BCUT2D eigenvalue weighted by atomic mass is 9.96. The summed E-state index contributed by atoms with van der Waals surface area (Å²) in [7, 11) is 1.49.